The van der Waals surface area contributed by atoms with Crippen molar-refractivity contribution in [3.05, 3.63) is 70.1 Å². The zero-order valence-electron chi connectivity index (χ0n) is 16.9. The number of rotatable bonds is 8. The normalized spacial score (nSPS) is 15.0. The van der Waals surface area contributed by atoms with Gasteiger partial charge in [0.05, 0.1) is 17.9 Å². The first-order chi connectivity index (χ1) is 14.5. The lowest BCUT2D eigenvalue weighted by molar-refractivity contribution is -0.143. The van der Waals surface area contributed by atoms with Crippen molar-refractivity contribution in [2.75, 3.05) is 13.2 Å². The van der Waals surface area contributed by atoms with Gasteiger partial charge in [-0.1, -0.05) is 60.4 Å². The lowest BCUT2D eigenvalue weighted by Crippen LogP contribution is -2.30. The first-order valence-electron chi connectivity index (χ1n) is 9.66. The smallest absolute Gasteiger partial charge is 0.307 e. The number of hydrogen-bond acceptors (Lipinski definition) is 6. The number of thioether (sulfide) groups is 1. The number of nitrogens with zero attached hydrogens (tertiary/aromatic N) is 1. The number of ether oxygens (including phenoxy) is 2. The number of benzene rings is 2. The maximum atomic E-state index is 12.6. The topological polar surface area (TPSA) is 55.8 Å². The van der Waals surface area contributed by atoms with Crippen LogP contribution in [0.4, 0.5) is 0 Å². The van der Waals surface area contributed by atoms with E-state index in [1.165, 1.54) is 22.2 Å². The van der Waals surface area contributed by atoms with Crippen LogP contribution in [0.15, 0.2) is 53.4 Å². The second-order valence-electron chi connectivity index (χ2n) is 6.67. The van der Waals surface area contributed by atoms with Crippen LogP contribution in [0.2, 0.25) is 0 Å². The molecule has 1 aliphatic rings. The van der Waals surface area contributed by atoms with Gasteiger partial charge < -0.3 is 9.47 Å². The summed E-state index contributed by atoms with van der Waals surface area (Å²) in [6.45, 7) is 4.86. The summed E-state index contributed by atoms with van der Waals surface area (Å²) in [7, 11) is 0. The maximum absolute atomic E-state index is 12.6. The van der Waals surface area contributed by atoms with Crippen molar-refractivity contribution in [1.82, 2.24) is 4.90 Å². The number of hydrogen-bond donors (Lipinski definition) is 0. The van der Waals surface area contributed by atoms with Gasteiger partial charge in [-0.05, 0) is 48.7 Å². The first kappa shape index (κ1) is 22.1. The third-order valence-electron chi connectivity index (χ3n) is 4.55. The molecule has 0 unspecified atom stereocenters. The van der Waals surface area contributed by atoms with Crippen LogP contribution in [0.1, 0.15) is 30.0 Å². The van der Waals surface area contributed by atoms with Gasteiger partial charge in [-0.25, -0.2) is 0 Å². The van der Waals surface area contributed by atoms with Crippen LogP contribution in [0.5, 0.6) is 5.75 Å². The van der Waals surface area contributed by atoms with Gasteiger partial charge in [0.15, 0.2) is 0 Å². The fraction of sp³-hybridized carbons (Fsp3) is 0.261. The molecule has 1 fully saturated rings. The molecule has 0 saturated carbocycles. The SMILES string of the molecule is CCOC(=O)CCN1C(=O)/C(=C/c2ccc(OCc3ccccc3C)cc2)SC1=S. The molecule has 0 aliphatic carbocycles. The summed E-state index contributed by atoms with van der Waals surface area (Å²) in [5, 5.41) is 0. The van der Waals surface area contributed by atoms with E-state index in [-0.39, 0.29) is 24.8 Å². The summed E-state index contributed by atoms with van der Waals surface area (Å²) in [6.07, 6.45) is 1.93. The summed E-state index contributed by atoms with van der Waals surface area (Å²) in [6, 6.07) is 15.7. The van der Waals surface area contributed by atoms with E-state index >= 15 is 0 Å². The van der Waals surface area contributed by atoms with Gasteiger partial charge in [0.25, 0.3) is 5.91 Å². The Bertz CT molecular complexity index is 969. The predicted octanol–water partition coefficient (Wildman–Crippen LogP) is 4.73. The van der Waals surface area contributed by atoms with E-state index in [9.17, 15) is 9.59 Å². The fourth-order valence-electron chi connectivity index (χ4n) is 2.87. The third kappa shape index (κ3) is 5.70. The molecule has 0 bridgehead atoms. The van der Waals surface area contributed by atoms with Crippen LogP contribution in [-0.4, -0.2) is 34.2 Å². The average molecular weight is 442 g/mol. The van der Waals surface area contributed by atoms with Crippen molar-refractivity contribution in [2.24, 2.45) is 0 Å². The minimum absolute atomic E-state index is 0.125. The zero-order chi connectivity index (χ0) is 21.5. The van der Waals surface area contributed by atoms with Gasteiger partial charge in [0, 0.05) is 6.54 Å². The molecule has 3 rings (SSSR count). The molecule has 2 aromatic carbocycles. The fourth-order valence-corrected chi connectivity index (χ4v) is 4.18. The molecule has 0 atom stereocenters. The number of thiocarbonyl (C=S) groups is 1. The second kappa shape index (κ2) is 10.4. The molecular formula is C23H23NO4S2. The van der Waals surface area contributed by atoms with Gasteiger partial charge in [-0.15, -0.1) is 0 Å². The minimum Gasteiger partial charge on any atom is -0.489 e. The highest BCUT2D eigenvalue weighted by molar-refractivity contribution is 8.26. The van der Waals surface area contributed by atoms with Gasteiger partial charge in [-0.3, -0.25) is 14.5 Å². The maximum Gasteiger partial charge on any atom is 0.307 e. The summed E-state index contributed by atoms with van der Waals surface area (Å²) in [5.74, 6) is 0.239. The molecule has 1 amide bonds. The molecule has 1 aliphatic heterocycles. The highest BCUT2D eigenvalue weighted by atomic mass is 32.2. The lowest BCUT2D eigenvalue weighted by atomic mass is 10.1. The summed E-state index contributed by atoms with van der Waals surface area (Å²) in [5.41, 5.74) is 3.22. The van der Waals surface area contributed by atoms with Crippen LogP contribution >= 0.6 is 24.0 Å². The molecular weight excluding hydrogens is 418 g/mol. The standard InChI is InChI=1S/C23H23NO4S2/c1-3-27-21(25)12-13-24-22(26)20(30-23(24)29)14-17-8-10-19(11-9-17)28-15-18-7-5-4-6-16(18)2/h4-11,14H,3,12-13,15H2,1-2H3/b20-14-. The van der Waals surface area contributed by atoms with Crippen LogP contribution in [0.25, 0.3) is 6.08 Å². The number of carbonyl (C=O) groups is 2. The summed E-state index contributed by atoms with van der Waals surface area (Å²) in [4.78, 5) is 26.2. The number of amides is 1. The molecule has 7 heteroatoms. The Morgan fingerprint density at radius 1 is 1.17 bits per heavy atom. The monoisotopic (exact) mass is 441 g/mol. The van der Waals surface area contributed by atoms with Crippen molar-refractivity contribution in [3.63, 3.8) is 0 Å². The van der Waals surface area contributed by atoms with Crippen LogP contribution in [0.3, 0.4) is 0 Å². The average Bonchev–Trinajstić information content (AvgIpc) is 3.00. The van der Waals surface area contributed by atoms with Crippen LogP contribution < -0.4 is 4.74 Å². The number of esters is 1. The molecule has 2 aromatic rings. The van der Waals surface area contributed by atoms with Gasteiger partial charge in [0.1, 0.15) is 16.7 Å². The Balaban J connectivity index is 1.60. The molecule has 0 N–H and O–H groups in total. The van der Waals surface area contributed by atoms with E-state index in [1.54, 1.807) is 13.0 Å². The molecule has 0 aromatic heterocycles. The van der Waals surface area contributed by atoms with Crippen molar-refractivity contribution in [3.8, 4) is 5.75 Å². The van der Waals surface area contributed by atoms with E-state index in [1.807, 2.05) is 42.5 Å². The third-order valence-corrected chi connectivity index (χ3v) is 5.93. The predicted molar refractivity (Wildman–Crippen MR) is 123 cm³/mol. The van der Waals surface area contributed by atoms with Crippen LogP contribution in [-0.2, 0) is 20.9 Å². The highest BCUT2D eigenvalue weighted by Crippen LogP contribution is 2.33. The van der Waals surface area contributed by atoms with E-state index in [0.717, 1.165) is 16.9 Å². The van der Waals surface area contributed by atoms with E-state index in [2.05, 4.69) is 13.0 Å². The van der Waals surface area contributed by atoms with E-state index < -0.39 is 0 Å². The Morgan fingerprint density at radius 3 is 2.60 bits per heavy atom. The van der Waals surface area contributed by atoms with Gasteiger partial charge in [0.2, 0.25) is 0 Å². The quantitative estimate of drug-likeness (QED) is 0.335. The lowest BCUT2D eigenvalue weighted by Gasteiger charge is -2.13. The Labute approximate surface area is 186 Å². The molecule has 156 valence electrons. The number of aryl methyl sites for hydroxylation is 1. The van der Waals surface area contributed by atoms with Gasteiger partial charge in [-0.2, -0.15) is 0 Å². The molecule has 0 spiro atoms. The van der Waals surface area contributed by atoms with Crippen molar-refractivity contribution < 1.29 is 19.1 Å². The Morgan fingerprint density at radius 2 is 1.90 bits per heavy atom. The Hall–Kier alpha value is -2.64. The molecule has 5 nitrogen and oxygen atoms in total. The summed E-state index contributed by atoms with van der Waals surface area (Å²) < 4.78 is 11.2. The largest absolute Gasteiger partial charge is 0.489 e. The molecule has 1 saturated heterocycles. The van der Waals surface area contributed by atoms with Gasteiger partial charge >= 0.3 is 5.97 Å². The molecule has 30 heavy (non-hydrogen) atoms. The minimum atomic E-state index is -0.336. The molecule has 1 heterocycles. The van der Waals surface area contributed by atoms with Crippen molar-refractivity contribution >= 4 is 46.3 Å². The van der Waals surface area contributed by atoms with Crippen LogP contribution in [0, 0.1) is 6.92 Å². The second-order valence-corrected chi connectivity index (χ2v) is 8.35. The van der Waals surface area contributed by atoms with Crippen molar-refractivity contribution in [2.45, 2.75) is 26.9 Å². The van der Waals surface area contributed by atoms with Crippen molar-refractivity contribution in [1.29, 1.82) is 0 Å². The number of carbonyl (C=O) groups excluding carboxylic acids is 2. The first-order valence-corrected chi connectivity index (χ1v) is 10.9. The van der Waals surface area contributed by atoms with E-state index in [0.29, 0.717) is 22.4 Å². The molecule has 0 radical (unpaired) electrons. The highest BCUT2D eigenvalue weighted by Gasteiger charge is 2.32. The zero-order valence-corrected chi connectivity index (χ0v) is 18.6. The van der Waals surface area contributed by atoms with E-state index in [4.69, 9.17) is 21.7 Å². The summed E-state index contributed by atoms with van der Waals surface area (Å²) >= 11 is 6.54. The Kier molecular flexibility index (Phi) is 7.65.